The number of hydrogen-bond donors (Lipinski definition) is 6. The molecule has 3 rings (SSSR count). The van der Waals surface area contributed by atoms with Crippen molar-refractivity contribution in [3.05, 3.63) is 47.2 Å². The van der Waals surface area contributed by atoms with Crippen molar-refractivity contribution in [3.63, 3.8) is 0 Å². The largest absolute Gasteiger partial charge is 0.481 e. The molecule has 0 unspecified atom stereocenters. The normalized spacial score (nSPS) is 11.7. The molecule has 1 aromatic carbocycles. The zero-order valence-electron chi connectivity index (χ0n) is 18.4. The number of rotatable bonds is 10. The van der Waals surface area contributed by atoms with Crippen LogP contribution in [0.1, 0.15) is 41.3 Å². The molecule has 0 saturated carbocycles. The first-order valence-corrected chi connectivity index (χ1v) is 10.5. The number of anilines is 3. The summed E-state index contributed by atoms with van der Waals surface area (Å²) < 4.78 is 0. The minimum atomic E-state index is -1.29. The number of carboxylic acids is 2. The molecule has 0 fully saturated rings. The Balaban J connectivity index is 1.69. The summed E-state index contributed by atoms with van der Waals surface area (Å²) >= 11 is 0. The summed E-state index contributed by atoms with van der Waals surface area (Å²) in [6.45, 7) is 2.42. The lowest BCUT2D eigenvalue weighted by Crippen LogP contribution is -2.41. The number of carbonyl (C=O) groups is 3. The summed E-state index contributed by atoms with van der Waals surface area (Å²) in [5.41, 5.74) is 15.0. The van der Waals surface area contributed by atoms with E-state index in [9.17, 15) is 19.5 Å². The number of fused-ring (bicyclic) bond motifs is 1. The molecule has 12 nitrogen and oxygen atoms in total. The third kappa shape index (κ3) is 5.65. The van der Waals surface area contributed by atoms with Crippen molar-refractivity contribution >= 4 is 46.3 Å². The van der Waals surface area contributed by atoms with E-state index in [2.05, 4.69) is 25.6 Å². The van der Waals surface area contributed by atoms with Gasteiger partial charge in [0.05, 0.1) is 5.39 Å². The Morgan fingerprint density at radius 3 is 2.41 bits per heavy atom. The number of carbonyl (C=O) groups excluding carboxylic acids is 1. The van der Waals surface area contributed by atoms with E-state index in [4.69, 9.17) is 16.6 Å². The number of amides is 1. The molecular formula is C22H25N7O5. The number of hydrogen-bond acceptors (Lipinski definition) is 9. The van der Waals surface area contributed by atoms with Crippen molar-refractivity contribution in [2.75, 3.05) is 16.8 Å². The zero-order chi connectivity index (χ0) is 24.8. The van der Waals surface area contributed by atoms with Gasteiger partial charge in [0.25, 0.3) is 5.91 Å². The van der Waals surface area contributed by atoms with E-state index in [0.29, 0.717) is 24.0 Å². The van der Waals surface area contributed by atoms with Crippen molar-refractivity contribution in [2.24, 2.45) is 0 Å². The molecule has 12 heteroatoms. The van der Waals surface area contributed by atoms with Crippen LogP contribution in [-0.4, -0.2) is 49.1 Å². The van der Waals surface area contributed by atoms with Gasteiger partial charge in [0.15, 0.2) is 5.65 Å². The first-order chi connectivity index (χ1) is 16.2. The Bertz CT molecular complexity index is 1230. The lowest BCUT2D eigenvalue weighted by molar-refractivity contribution is -0.140. The molecule has 3 aromatic rings. The van der Waals surface area contributed by atoms with Gasteiger partial charge in [0, 0.05) is 30.4 Å². The number of carboxylic acid groups (broad SMARTS) is 2. The predicted molar refractivity (Wildman–Crippen MR) is 125 cm³/mol. The minimum Gasteiger partial charge on any atom is -0.481 e. The predicted octanol–water partition coefficient (Wildman–Crippen LogP) is 1.41. The fourth-order valence-electron chi connectivity index (χ4n) is 3.50. The highest BCUT2D eigenvalue weighted by atomic mass is 16.4. The number of benzene rings is 1. The topological polar surface area (TPSA) is 206 Å². The smallest absolute Gasteiger partial charge is 0.326 e. The van der Waals surface area contributed by atoms with Crippen LogP contribution in [-0.2, 0) is 22.6 Å². The Hall–Kier alpha value is -4.48. The first kappa shape index (κ1) is 24.2. The first-order valence-electron chi connectivity index (χ1n) is 10.5. The average Bonchev–Trinajstić information content (AvgIpc) is 2.79. The minimum absolute atomic E-state index is 0.0612. The van der Waals surface area contributed by atoms with Crippen molar-refractivity contribution < 1.29 is 24.6 Å². The number of aryl methyl sites for hydroxylation is 1. The van der Waals surface area contributed by atoms with Gasteiger partial charge in [-0.05, 0) is 48.2 Å². The van der Waals surface area contributed by atoms with Gasteiger partial charge in [0.2, 0.25) is 5.95 Å². The van der Waals surface area contributed by atoms with Crippen LogP contribution in [0.15, 0.2) is 30.5 Å². The number of aromatic nitrogens is 3. The summed E-state index contributed by atoms with van der Waals surface area (Å²) in [6, 6.07) is 5.16. The molecule has 0 aliphatic rings. The number of aliphatic carboxylic acids is 2. The van der Waals surface area contributed by atoms with Crippen molar-refractivity contribution in [1.29, 1.82) is 0 Å². The summed E-state index contributed by atoms with van der Waals surface area (Å²) in [5.74, 6) is -2.70. The monoisotopic (exact) mass is 467 g/mol. The van der Waals surface area contributed by atoms with Crippen molar-refractivity contribution in [2.45, 2.75) is 38.8 Å². The Morgan fingerprint density at radius 2 is 1.79 bits per heavy atom. The van der Waals surface area contributed by atoms with E-state index in [0.717, 1.165) is 16.8 Å². The molecule has 1 atom stereocenters. The number of pyridine rings is 1. The quantitative estimate of drug-likeness (QED) is 0.251. The second-order valence-electron chi connectivity index (χ2n) is 7.51. The molecule has 0 spiro atoms. The Labute approximate surface area is 194 Å². The van der Waals surface area contributed by atoms with E-state index >= 15 is 0 Å². The highest BCUT2D eigenvalue weighted by Gasteiger charge is 2.21. The molecule has 0 saturated heterocycles. The SMILES string of the molecule is CCc1c(CNc2ccc(C(=O)N[C@@H](CCC(=O)O)C(=O)O)cc2)cnc2nc(N)nc(N)c12. The third-order valence-electron chi connectivity index (χ3n) is 5.20. The highest BCUT2D eigenvalue weighted by Crippen LogP contribution is 2.25. The molecule has 2 heterocycles. The Kier molecular flexibility index (Phi) is 7.41. The van der Waals surface area contributed by atoms with Crippen LogP contribution in [0.2, 0.25) is 0 Å². The summed E-state index contributed by atoms with van der Waals surface area (Å²) in [7, 11) is 0. The number of nitrogens with zero attached hydrogens (tertiary/aromatic N) is 3. The van der Waals surface area contributed by atoms with Gasteiger partial charge >= 0.3 is 11.9 Å². The summed E-state index contributed by atoms with van der Waals surface area (Å²) in [4.78, 5) is 46.8. The van der Waals surface area contributed by atoms with E-state index < -0.39 is 23.9 Å². The van der Waals surface area contributed by atoms with E-state index in [1.54, 1.807) is 30.5 Å². The molecule has 0 aliphatic heterocycles. The maximum Gasteiger partial charge on any atom is 0.326 e. The van der Waals surface area contributed by atoms with Gasteiger partial charge in [-0.2, -0.15) is 9.97 Å². The van der Waals surface area contributed by atoms with E-state index in [-0.39, 0.29) is 30.2 Å². The molecule has 2 aromatic heterocycles. The number of nitrogens with one attached hydrogen (secondary N) is 2. The van der Waals surface area contributed by atoms with Crippen molar-refractivity contribution in [3.8, 4) is 0 Å². The number of nitrogen functional groups attached to an aromatic ring is 2. The second-order valence-corrected chi connectivity index (χ2v) is 7.51. The van der Waals surface area contributed by atoms with Crippen LogP contribution in [0.25, 0.3) is 11.0 Å². The van der Waals surface area contributed by atoms with Crippen LogP contribution in [0.3, 0.4) is 0 Å². The lowest BCUT2D eigenvalue weighted by Gasteiger charge is -2.15. The van der Waals surface area contributed by atoms with Gasteiger partial charge in [0.1, 0.15) is 11.9 Å². The maximum atomic E-state index is 12.4. The van der Waals surface area contributed by atoms with E-state index in [1.807, 2.05) is 6.92 Å². The lowest BCUT2D eigenvalue weighted by atomic mass is 10.0. The van der Waals surface area contributed by atoms with Gasteiger partial charge in [-0.25, -0.2) is 9.78 Å². The van der Waals surface area contributed by atoms with Crippen LogP contribution >= 0.6 is 0 Å². The summed E-state index contributed by atoms with van der Waals surface area (Å²) in [5, 5.41) is 24.2. The molecule has 0 radical (unpaired) electrons. The van der Waals surface area contributed by atoms with Gasteiger partial charge < -0.3 is 32.3 Å². The zero-order valence-corrected chi connectivity index (χ0v) is 18.4. The van der Waals surface area contributed by atoms with Gasteiger partial charge in [-0.3, -0.25) is 9.59 Å². The maximum absolute atomic E-state index is 12.4. The molecule has 178 valence electrons. The van der Waals surface area contributed by atoms with Crippen LogP contribution in [0, 0.1) is 0 Å². The van der Waals surface area contributed by atoms with Gasteiger partial charge in [-0.1, -0.05) is 6.92 Å². The Morgan fingerprint density at radius 1 is 1.09 bits per heavy atom. The van der Waals surface area contributed by atoms with Crippen molar-refractivity contribution in [1.82, 2.24) is 20.3 Å². The molecule has 0 aliphatic carbocycles. The molecule has 1 amide bonds. The standard InChI is InChI=1S/C22H25N7O5/c1-2-14-12(10-26-19-17(14)18(23)28-22(24)29-19)9-25-13-5-3-11(4-6-13)20(32)27-15(21(33)34)7-8-16(30)31/h3-6,10,15,25H,2,7-9H2,1H3,(H,27,32)(H,30,31)(H,33,34)(H4,23,24,26,28,29)/t15-/m0/s1. The molecule has 0 bridgehead atoms. The van der Waals surface area contributed by atoms with Crippen LogP contribution in [0.4, 0.5) is 17.5 Å². The molecular weight excluding hydrogens is 442 g/mol. The van der Waals surface area contributed by atoms with Gasteiger partial charge in [-0.15, -0.1) is 0 Å². The second kappa shape index (κ2) is 10.4. The molecule has 8 N–H and O–H groups in total. The van der Waals surface area contributed by atoms with Crippen LogP contribution in [0.5, 0.6) is 0 Å². The molecule has 34 heavy (non-hydrogen) atoms. The summed E-state index contributed by atoms with van der Waals surface area (Å²) in [6.07, 6.45) is 1.80. The highest BCUT2D eigenvalue weighted by molar-refractivity contribution is 5.97. The average molecular weight is 467 g/mol. The fraction of sp³-hybridized carbons (Fsp3) is 0.273. The van der Waals surface area contributed by atoms with E-state index in [1.165, 1.54) is 0 Å². The fourth-order valence-corrected chi connectivity index (χ4v) is 3.50. The third-order valence-corrected chi connectivity index (χ3v) is 5.20. The van der Waals surface area contributed by atoms with Crippen LogP contribution < -0.4 is 22.1 Å². The number of nitrogens with two attached hydrogens (primary N) is 2.